The molecule has 0 aliphatic carbocycles. The number of rotatable bonds is 7. The third kappa shape index (κ3) is 5.55. The van der Waals surface area contributed by atoms with Gasteiger partial charge in [-0.3, -0.25) is 4.79 Å². The number of ether oxygens (including phenoxy) is 1. The maximum Gasteiger partial charge on any atom is 0.333 e. The van der Waals surface area contributed by atoms with Crippen molar-refractivity contribution in [2.75, 3.05) is 6.61 Å². The number of oxime groups is 1. The molecule has 1 amide bonds. The van der Waals surface area contributed by atoms with Gasteiger partial charge >= 0.3 is 5.97 Å². The van der Waals surface area contributed by atoms with Crippen LogP contribution < -0.4 is 5.32 Å². The summed E-state index contributed by atoms with van der Waals surface area (Å²) in [5.41, 5.74) is 1.81. The SMILES string of the molecule is O=C(NC(C(=O)OCC(=NO)c1ccc(Br)cc1)c1ccccc1)c1ccccc1. The lowest BCUT2D eigenvalue weighted by Gasteiger charge is -2.18. The summed E-state index contributed by atoms with van der Waals surface area (Å²) in [5.74, 6) is -1.06. The highest BCUT2D eigenvalue weighted by Gasteiger charge is 2.25. The minimum absolute atomic E-state index is 0.192. The number of hydrogen-bond donors (Lipinski definition) is 2. The topological polar surface area (TPSA) is 88.0 Å². The Bertz CT molecular complexity index is 1020. The van der Waals surface area contributed by atoms with Crippen molar-refractivity contribution in [3.8, 4) is 0 Å². The van der Waals surface area contributed by atoms with Gasteiger partial charge in [0.15, 0.2) is 6.04 Å². The molecule has 0 saturated heterocycles. The molecule has 6 nitrogen and oxygen atoms in total. The number of esters is 1. The summed E-state index contributed by atoms with van der Waals surface area (Å²) < 4.78 is 6.25. The first kappa shape index (κ1) is 21.3. The highest BCUT2D eigenvalue weighted by atomic mass is 79.9. The fourth-order valence-corrected chi connectivity index (χ4v) is 3.03. The van der Waals surface area contributed by atoms with Crippen LogP contribution in [0.5, 0.6) is 0 Å². The Balaban J connectivity index is 1.75. The van der Waals surface area contributed by atoms with E-state index >= 15 is 0 Å². The summed E-state index contributed by atoms with van der Waals surface area (Å²) in [4.78, 5) is 25.4. The van der Waals surface area contributed by atoms with E-state index in [2.05, 4.69) is 26.4 Å². The predicted molar refractivity (Wildman–Crippen MR) is 117 cm³/mol. The van der Waals surface area contributed by atoms with Crippen LogP contribution in [0.4, 0.5) is 0 Å². The summed E-state index contributed by atoms with van der Waals surface area (Å²) in [6, 6.07) is 23.5. The van der Waals surface area contributed by atoms with Crippen LogP contribution in [0.15, 0.2) is 94.6 Å². The van der Waals surface area contributed by atoms with Gasteiger partial charge in [-0.1, -0.05) is 81.7 Å². The first-order chi connectivity index (χ1) is 14.6. The van der Waals surface area contributed by atoms with Crippen molar-refractivity contribution >= 4 is 33.5 Å². The molecule has 2 N–H and O–H groups in total. The van der Waals surface area contributed by atoms with Gasteiger partial charge in [0.25, 0.3) is 5.91 Å². The number of hydrogen-bond acceptors (Lipinski definition) is 5. The highest BCUT2D eigenvalue weighted by Crippen LogP contribution is 2.17. The summed E-state index contributed by atoms with van der Waals surface area (Å²) in [5, 5.41) is 15.3. The zero-order chi connectivity index (χ0) is 21.3. The molecule has 0 aliphatic heterocycles. The molecule has 3 aromatic carbocycles. The van der Waals surface area contributed by atoms with Crippen molar-refractivity contribution in [2.45, 2.75) is 6.04 Å². The Labute approximate surface area is 182 Å². The summed E-state index contributed by atoms with van der Waals surface area (Å²) in [6.45, 7) is -0.249. The van der Waals surface area contributed by atoms with Crippen LogP contribution >= 0.6 is 15.9 Å². The number of amides is 1. The van der Waals surface area contributed by atoms with Crippen LogP contribution in [-0.2, 0) is 9.53 Å². The molecule has 3 rings (SSSR count). The molecule has 30 heavy (non-hydrogen) atoms. The van der Waals surface area contributed by atoms with Crippen LogP contribution in [0.2, 0.25) is 0 Å². The quantitative estimate of drug-likeness (QED) is 0.234. The zero-order valence-electron chi connectivity index (χ0n) is 15.9. The van der Waals surface area contributed by atoms with Crippen molar-refractivity contribution in [2.24, 2.45) is 5.16 Å². The number of nitrogens with one attached hydrogen (secondary N) is 1. The van der Waals surface area contributed by atoms with Crippen LogP contribution in [0.1, 0.15) is 27.5 Å². The Kier molecular flexibility index (Phi) is 7.34. The Hall–Kier alpha value is -3.45. The van der Waals surface area contributed by atoms with Gasteiger partial charge in [0.05, 0.1) is 0 Å². The van der Waals surface area contributed by atoms with E-state index in [4.69, 9.17) is 4.74 Å². The molecule has 0 aliphatic rings. The normalized spacial score (nSPS) is 12.1. The van der Waals surface area contributed by atoms with Gasteiger partial charge < -0.3 is 15.3 Å². The van der Waals surface area contributed by atoms with E-state index in [1.165, 1.54) is 0 Å². The van der Waals surface area contributed by atoms with Crippen LogP contribution in [0.3, 0.4) is 0 Å². The van der Waals surface area contributed by atoms with Gasteiger partial charge in [0, 0.05) is 15.6 Å². The van der Waals surface area contributed by atoms with Crippen molar-refractivity contribution in [1.82, 2.24) is 5.32 Å². The van der Waals surface area contributed by atoms with E-state index in [-0.39, 0.29) is 12.3 Å². The zero-order valence-corrected chi connectivity index (χ0v) is 17.5. The minimum Gasteiger partial charge on any atom is -0.457 e. The Morgan fingerprint density at radius 3 is 2.10 bits per heavy atom. The largest absolute Gasteiger partial charge is 0.457 e. The molecule has 152 valence electrons. The van der Waals surface area contributed by atoms with Gasteiger partial charge in [-0.05, 0) is 29.8 Å². The lowest BCUT2D eigenvalue weighted by molar-refractivity contribution is -0.144. The number of carbonyl (C=O) groups is 2. The van der Waals surface area contributed by atoms with Gasteiger partial charge in [0.1, 0.15) is 12.3 Å². The number of halogens is 1. The van der Waals surface area contributed by atoms with Crippen molar-refractivity contribution in [1.29, 1.82) is 0 Å². The first-order valence-corrected chi connectivity index (χ1v) is 9.92. The number of benzene rings is 3. The lowest BCUT2D eigenvalue weighted by Crippen LogP contribution is -2.35. The minimum atomic E-state index is -1.01. The number of nitrogens with zero attached hydrogens (tertiary/aromatic N) is 1. The Morgan fingerprint density at radius 1 is 0.900 bits per heavy atom. The smallest absolute Gasteiger partial charge is 0.333 e. The summed E-state index contributed by atoms with van der Waals surface area (Å²) >= 11 is 3.34. The average molecular weight is 467 g/mol. The van der Waals surface area contributed by atoms with Gasteiger partial charge in [-0.2, -0.15) is 0 Å². The predicted octanol–water partition coefficient (Wildman–Crippen LogP) is 4.34. The highest BCUT2D eigenvalue weighted by molar-refractivity contribution is 9.10. The van der Waals surface area contributed by atoms with Crippen LogP contribution in [0.25, 0.3) is 0 Å². The number of carbonyl (C=O) groups excluding carboxylic acids is 2. The van der Waals surface area contributed by atoms with E-state index in [9.17, 15) is 14.8 Å². The molecule has 1 atom stereocenters. The van der Waals surface area contributed by atoms with E-state index in [0.717, 1.165) is 4.47 Å². The molecule has 0 spiro atoms. The third-order valence-corrected chi connectivity index (χ3v) is 4.86. The summed E-state index contributed by atoms with van der Waals surface area (Å²) in [7, 11) is 0. The van der Waals surface area contributed by atoms with E-state index in [0.29, 0.717) is 16.7 Å². The Morgan fingerprint density at radius 2 is 1.50 bits per heavy atom. The lowest BCUT2D eigenvalue weighted by atomic mass is 10.1. The molecule has 0 fully saturated rings. The molecule has 7 heteroatoms. The van der Waals surface area contributed by atoms with Gasteiger partial charge in [0.2, 0.25) is 0 Å². The maximum atomic E-state index is 12.8. The van der Waals surface area contributed by atoms with Gasteiger partial charge in [-0.15, -0.1) is 0 Å². The standard InChI is InChI=1S/C23H19BrN2O4/c24-19-13-11-16(12-14-19)20(26-29)15-30-23(28)21(17-7-3-1-4-8-17)25-22(27)18-9-5-2-6-10-18/h1-14,21,29H,15H2,(H,25,27). The maximum absolute atomic E-state index is 12.8. The molecule has 0 bridgehead atoms. The molecule has 3 aromatic rings. The molecule has 0 saturated carbocycles. The molecule has 0 heterocycles. The monoisotopic (exact) mass is 466 g/mol. The molecule has 1 unspecified atom stereocenters. The molecular formula is C23H19BrN2O4. The van der Waals surface area contributed by atoms with Gasteiger partial charge in [-0.25, -0.2) is 4.79 Å². The second-order valence-electron chi connectivity index (χ2n) is 6.34. The fourth-order valence-electron chi connectivity index (χ4n) is 2.76. The van der Waals surface area contributed by atoms with Crippen molar-refractivity contribution in [3.63, 3.8) is 0 Å². The van der Waals surface area contributed by atoms with E-state index < -0.39 is 17.9 Å². The van der Waals surface area contributed by atoms with E-state index in [1.807, 2.05) is 6.07 Å². The molecule has 0 aromatic heterocycles. The third-order valence-electron chi connectivity index (χ3n) is 4.33. The van der Waals surface area contributed by atoms with Crippen LogP contribution in [0, 0.1) is 0 Å². The fraction of sp³-hybridized carbons (Fsp3) is 0.0870. The molecular weight excluding hydrogens is 448 g/mol. The summed E-state index contributed by atoms with van der Waals surface area (Å²) in [6.07, 6.45) is 0. The average Bonchev–Trinajstić information content (AvgIpc) is 2.79. The second kappa shape index (κ2) is 10.4. The van der Waals surface area contributed by atoms with Crippen molar-refractivity contribution in [3.05, 3.63) is 106 Å². The second-order valence-corrected chi connectivity index (χ2v) is 7.26. The van der Waals surface area contributed by atoms with Crippen LogP contribution in [-0.4, -0.2) is 29.4 Å². The first-order valence-electron chi connectivity index (χ1n) is 9.13. The van der Waals surface area contributed by atoms with Crippen molar-refractivity contribution < 1.29 is 19.5 Å². The van der Waals surface area contributed by atoms with E-state index in [1.54, 1.807) is 78.9 Å². The molecule has 0 radical (unpaired) electrons.